The van der Waals surface area contributed by atoms with E-state index < -0.39 is 6.51 Å². The van der Waals surface area contributed by atoms with Gasteiger partial charge >= 0.3 is 54.7 Å². The maximum absolute atomic E-state index is 2.28. The van der Waals surface area contributed by atoms with Crippen molar-refractivity contribution in [3.63, 3.8) is 0 Å². The molecule has 11 rings (SSSR count). The van der Waals surface area contributed by atoms with Crippen molar-refractivity contribution in [2.75, 3.05) is 0 Å². The Balaban J connectivity index is 0.0000000917. The van der Waals surface area contributed by atoms with Crippen LogP contribution in [-0.4, -0.2) is 0 Å². The van der Waals surface area contributed by atoms with Gasteiger partial charge in [0.15, 0.2) is 0 Å². The SMILES string of the molecule is C1CCCCC1.[CH]12[CH]3[CH]4[CH]5[CH]1[Fe]23451678[CH]2[CH]1[CH]6[CH]7[CH]28. The molecule has 10 heterocycles. The molecule has 17 heavy (non-hydrogen) atoms. The van der Waals surface area contributed by atoms with E-state index in [4.69, 9.17) is 0 Å². The predicted molar refractivity (Wildman–Crippen MR) is 65.2 cm³/mol. The Morgan fingerprint density at radius 3 is 0.588 bits per heavy atom. The Morgan fingerprint density at radius 1 is 0.353 bits per heavy atom. The van der Waals surface area contributed by atoms with Crippen LogP contribution in [-0.2, 0) is 6.51 Å². The van der Waals surface area contributed by atoms with E-state index in [1.165, 1.54) is 38.5 Å². The number of rotatable bonds is 0. The number of hydrogen-bond acceptors (Lipinski definition) is 0. The van der Waals surface area contributed by atoms with E-state index in [9.17, 15) is 0 Å². The molecular formula is C16H22Fe. The average Bonchev–Trinajstić information content (AvgIpc) is 3.33. The third kappa shape index (κ3) is 0.0817. The Morgan fingerprint density at radius 2 is 0.529 bits per heavy atom. The van der Waals surface area contributed by atoms with Gasteiger partial charge in [0.2, 0.25) is 0 Å². The predicted octanol–water partition coefficient (Wildman–Crippen LogP) is 5.72. The monoisotopic (exact) mass is 270 g/mol. The van der Waals surface area contributed by atoms with E-state index in [1.807, 2.05) is 0 Å². The van der Waals surface area contributed by atoms with Gasteiger partial charge in [-0.25, -0.2) is 0 Å². The molecule has 11 aliphatic rings. The van der Waals surface area contributed by atoms with Crippen molar-refractivity contribution in [1.29, 1.82) is 0 Å². The molecule has 0 aromatic rings. The first kappa shape index (κ1) is 6.80. The van der Waals surface area contributed by atoms with E-state index >= 15 is 0 Å². The first-order chi connectivity index (χ1) is 8.16. The first-order valence-electron chi connectivity index (χ1n) is 8.37. The zero-order valence-electron chi connectivity index (χ0n) is 10.4. The van der Waals surface area contributed by atoms with Gasteiger partial charge in [0, 0.05) is 0 Å². The molecule has 0 amide bonds. The van der Waals surface area contributed by atoms with Gasteiger partial charge in [-0.05, 0) is 0 Å². The van der Waals surface area contributed by atoms with Crippen LogP contribution in [0, 0.1) is 0 Å². The normalized spacial score (nSPS) is 119. The molecule has 0 bridgehead atoms. The van der Waals surface area contributed by atoms with Crippen LogP contribution in [0.2, 0.25) is 48.2 Å². The molecule has 0 nitrogen and oxygen atoms in total. The van der Waals surface area contributed by atoms with Gasteiger partial charge in [0.05, 0.1) is 0 Å². The third-order valence-electron chi connectivity index (χ3n) is 16.0. The van der Waals surface area contributed by atoms with Crippen molar-refractivity contribution in [3.05, 3.63) is 0 Å². The third-order valence-corrected chi connectivity index (χ3v) is 58.0. The number of hydrogen-bond donors (Lipinski definition) is 0. The Bertz CT molecular complexity index is 650. The van der Waals surface area contributed by atoms with Gasteiger partial charge in [-0.15, -0.1) is 0 Å². The molecule has 1 saturated carbocycles. The van der Waals surface area contributed by atoms with Crippen LogP contribution in [0.15, 0.2) is 0 Å². The van der Waals surface area contributed by atoms with E-state index in [-0.39, 0.29) is 0 Å². The molecule has 94 valence electrons. The molecule has 0 radical (unpaired) electrons. The van der Waals surface area contributed by atoms with Crippen LogP contribution in [0.4, 0.5) is 0 Å². The van der Waals surface area contributed by atoms with Crippen LogP contribution in [0.5, 0.6) is 0 Å². The maximum atomic E-state index is 1.59. The van der Waals surface area contributed by atoms with Crippen molar-refractivity contribution in [1.82, 2.24) is 0 Å². The van der Waals surface area contributed by atoms with Crippen LogP contribution < -0.4 is 0 Å². The minimum absolute atomic E-state index is 1.50. The van der Waals surface area contributed by atoms with Crippen molar-refractivity contribution >= 4 is 0 Å². The Hall–Kier alpha value is 0.519. The van der Waals surface area contributed by atoms with Crippen LogP contribution in [0.1, 0.15) is 38.5 Å². The molecule has 0 atom stereocenters. The molecule has 0 unspecified atom stereocenters. The fraction of sp³-hybridized carbons (Fsp3) is 1.00. The molecule has 0 N–H and O–H groups in total. The van der Waals surface area contributed by atoms with E-state index in [0.717, 1.165) is 0 Å². The summed E-state index contributed by atoms with van der Waals surface area (Å²) in [7, 11) is 0. The van der Waals surface area contributed by atoms with Crippen LogP contribution in [0.25, 0.3) is 0 Å². The second kappa shape index (κ2) is 0.599. The molecular weight excluding hydrogens is 248 g/mol. The summed E-state index contributed by atoms with van der Waals surface area (Å²) in [5, 5.41) is 0. The number of fused-ring (bicyclic) bond motifs is 10. The quantitative estimate of drug-likeness (QED) is 0.494. The summed E-state index contributed by atoms with van der Waals surface area (Å²) in [5.41, 5.74) is 0. The van der Waals surface area contributed by atoms with Crippen LogP contribution >= 0.6 is 0 Å². The average molecular weight is 270 g/mol. The molecule has 10 aliphatic heterocycles. The topological polar surface area (TPSA) is 0 Å². The molecule has 1 heteroatoms. The van der Waals surface area contributed by atoms with Gasteiger partial charge < -0.3 is 0 Å². The summed E-state index contributed by atoms with van der Waals surface area (Å²) >= 11 is 0. The van der Waals surface area contributed by atoms with Gasteiger partial charge in [-0.2, -0.15) is 0 Å². The van der Waals surface area contributed by atoms with Gasteiger partial charge in [0.25, 0.3) is 0 Å². The standard InChI is InChI=1S/C6H12.2C5H5.Fe/c1-2-4-6-5-3-1;2*1-2-4-5-3-1;/h1-6H2;2*1-5H;. The van der Waals surface area contributed by atoms with E-state index in [2.05, 4.69) is 0 Å². The molecule has 1 spiro atoms. The summed E-state index contributed by atoms with van der Waals surface area (Å²) in [6, 6.07) is 0. The molecule has 11 fully saturated rings. The fourth-order valence-corrected chi connectivity index (χ4v) is 89.1. The summed E-state index contributed by atoms with van der Waals surface area (Å²) < 4.78 is 0. The zero-order valence-corrected chi connectivity index (χ0v) is 11.5. The Kier molecular flexibility index (Phi) is 0.239. The van der Waals surface area contributed by atoms with E-state index in [1.54, 1.807) is 48.2 Å². The van der Waals surface area contributed by atoms with Gasteiger partial charge in [-0.1, -0.05) is 38.5 Å². The van der Waals surface area contributed by atoms with E-state index in [0.29, 0.717) is 0 Å². The molecule has 0 aromatic heterocycles. The minimum atomic E-state index is -2.28. The molecule has 1 aliphatic carbocycles. The summed E-state index contributed by atoms with van der Waals surface area (Å²) in [5.74, 6) is 0. The summed E-state index contributed by atoms with van der Waals surface area (Å²) in [6.45, 7) is -2.28. The fourth-order valence-electron chi connectivity index (χ4n) is 16.9. The Labute approximate surface area is 93.2 Å². The first-order valence-corrected chi connectivity index (χ1v) is 14.7. The zero-order chi connectivity index (χ0) is 10.3. The van der Waals surface area contributed by atoms with Crippen molar-refractivity contribution < 1.29 is 6.51 Å². The second-order valence-corrected chi connectivity index (χ2v) is 35.6. The van der Waals surface area contributed by atoms with Crippen LogP contribution in [0.3, 0.4) is 0 Å². The summed E-state index contributed by atoms with van der Waals surface area (Å²) in [4.78, 5) is 15.9. The molecule has 0 aromatic carbocycles. The van der Waals surface area contributed by atoms with Gasteiger partial charge in [-0.3, -0.25) is 0 Å². The molecule has 10 saturated heterocycles. The second-order valence-electron chi connectivity index (χ2n) is 11.7. The summed E-state index contributed by atoms with van der Waals surface area (Å²) in [6.07, 6.45) is 9.00. The van der Waals surface area contributed by atoms with Crippen molar-refractivity contribution in [2.24, 2.45) is 0 Å². The van der Waals surface area contributed by atoms with Crippen molar-refractivity contribution in [3.8, 4) is 0 Å². The van der Waals surface area contributed by atoms with Gasteiger partial charge in [0.1, 0.15) is 0 Å². The van der Waals surface area contributed by atoms with Crippen molar-refractivity contribution in [2.45, 2.75) is 86.7 Å².